The molecular formula is C10H9FN2O5. The summed E-state index contributed by atoms with van der Waals surface area (Å²) >= 11 is 0. The topological polar surface area (TPSA) is 108 Å². The largest absolute Gasteiger partial charge is 0.480 e. The smallest absolute Gasteiger partial charge is 0.323 e. The average molecular weight is 256 g/mol. The molecule has 0 fully saturated rings. The monoisotopic (exact) mass is 256 g/mol. The number of rotatable bonds is 5. The summed E-state index contributed by atoms with van der Waals surface area (Å²) in [7, 11) is 0. The van der Waals surface area contributed by atoms with E-state index in [4.69, 9.17) is 10.2 Å². The van der Waals surface area contributed by atoms with Gasteiger partial charge in [0.05, 0.1) is 0 Å². The third-order valence-electron chi connectivity index (χ3n) is 1.91. The van der Waals surface area contributed by atoms with Crippen molar-refractivity contribution in [2.45, 2.75) is 0 Å². The first kappa shape index (κ1) is 13.6. The van der Waals surface area contributed by atoms with Crippen LogP contribution in [-0.2, 0) is 9.59 Å². The molecule has 0 bridgehead atoms. The van der Waals surface area contributed by atoms with Gasteiger partial charge in [0.25, 0.3) is 5.91 Å². The number of amides is 1. The lowest BCUT2D eigenvalue weighted by Gasteiger charge is -2.18. The lowest BCUT2D eigenvalue weighted by molar-refractivity contribution is -0.140. The zero-order valence-corrected chi connectivity index (χ0v) is 9.04. The molecule has 0 radical (unpaired) electrons. The van der Waals surface area contributed by atoms with Crippen molar-refractivity contribution in [2.24, 2.45) is 0 Å². The lowest BCUT2D eigenvalue weighted by Crippen LogP contribution is -2.39. The van der Waals surface area contributed by atoms with E-state index in [0.29, 0.717) is 4.90 Å². The Morgan fingerprint density at radius 1 is 1.22 bits per heavy atom. The van der Waals surface area contributed by atoms with Crippen molar-refractivity contribution in [1.82, 2.24) is 9.88 Å². The van der Waals surface area contributed by atoms with E-state index in [0.717, 1.165) is 12.3 Å². The van der Waals surface area contributed by atoms with Gasteiger partial charge in [-0.1, -0.05) is 0 Å². The van der Waals surface area contributed by atoms with Crippen molar-refractivity contribution in [3.05, 3.63) is 29.8 Å². The minimum atomic E-state index is -1.36. The number of hydrogen-bond donors (Lipinski definition) is 2. The highest BCUT2D eigenvalue weighted by Gasteiger charge is 2.21. The summed E-state index contributed by atoms with van der Waals surface area (Å²) in [6, 6.07) is 1.97. The fraction of sp³-hybridized carbons (Fsp3) is 0.200. The molecule has 0 aliphatic heterocycles. The molecule has 1 heterocycles. The van der Waals surface area contributed by atoms with E-state index in [1.165, 1.54) is 6.07 Å². The van der Waals surface area contributed by atoms with Gasteiger partial charge in [0, 0.05) is 17.8 Å². The predicted octanol–water partition coefficient (Wildman–Crippen LogP) is -0.168. The summed E-state index contributed by atoms with van der Waals surface area (Å²) in [6.45, 7) is -1.57. The number of halogens is 1. The van der Waals surface area contributed by atoms with Gasteiger partial charge in [-0.25, -0.2) is 4.98 Å². The van der Waals surface area contributed by atoms with Gasteiger partial charge >= 0.3 is 11.9 Å². The summed E-state index contributed by atoms with van der Waals surface area (Å²) in [4.78, 5) is 36.6. The number of carboxylic acid groups (broad SMARTS) is 2. The molecule has 18 heavy (non-hydrogen) atoms. The standard InChI is InChI=1S/C10H9FN2O5/c11-7-3-6(1-2-12-7)10(18)13(4-8(14)15)5-9(16)17/h1-3H,4-5H2,(H,14,15)(H,16,17). The summed E-state index contributed by atoms with van der Waals surface area (Å²) in [5, 5.41) is 17.1. The molecule has 0 saturated carbocycles. The maximum absolute atomic E-state index is 12.8. The van der Waals surface area contributed by atoms with E-state index in [1.807, 2.05) is 0 Å². The molecule has 0 spiro atoms. The Morgan fingerprint density at radius 2 is 1.78 bits per heavy atom. The third-order valence-corrected chi connectivity index (χ3v) is 1.91. The van der Waals surface area contributed by atoms with Crippen LogP contribution >= 0.6 is 0 Å². The molecule has 8 heteroatoms. The van der Waals surface area contributed by atoms with Crippen molar-refractivity contribution < 1.29 is 29.0 Å². The van der Waals surface area contributed by atoms with Gasteiger partial charge in [0.2, 0.25) is 5.95 Å². The van der Waals surface area contributed by atoms with Crippen molar-refractivity contribution in [3.63, 3.8) is 0 Å². The van der Waals surface area contributed by atoms with Gasteiger partial charge in [-0.15, -0.1) is 0 Å². The van der Waals surface area contributed by atoms with E-state index in [1.54, 1.807) is 0 Å². The first-order valence-corrected chi connectivity index (χ1v) is 4.74. The van der Waals surface area contributed by atoms with Crippen molar-refractivity contribution >= 4 is 17.8 Å². The van der Waals surface area contributed by atoms with Gasteiger partial charge in [-0.3, -0.25) is 14.4 Å². The molecule has 7 nitrogen and oxygen atoms in total. The van der Waals surface area contributed by atoms with Crippen molar-refractivity contribution in [1.29, 1.82) is 0 Å². The normalized spacial score (nSPS) is 9.83. The fourth-order valence-corrected chi connectivity index (χ4v) is 1.24. The molecule has 0 unspecified atom stereocenters. The molecule has 0 saturated heterocycles. The Balaban J connectivity index is 2.94. The van der Waals surface area contributed by atoms with E-state index in [-0.39, 0.29) is 5.56 Å². The summed E-state index contributed by atoms with van der Waals surface area (Å²) in [5.41, 5.74) is -0.162. The Bertz CT molecular complexity index is 475. The average Bonchev–Trinajstić information content (AvgIpc) is 2.26. The van der Waals surface area contributed by atoms with E-state index < -0.39 is 36.9 Å². The number of carbonyl (C=O) groups is 3. The van der Waals surface area contributed by atoms with Gasteiger partial charge in [-0.05, 0) is 6.07 Å². The number of carbonyl (C=O) groups excluding carboxylic acids is 1. The number of nitrogens with zero attached hydrogens (tertiary/aromatic N) is 2. The number of carboxylic acids is 2. The highest BCUT2D eigenvalue weighted by Crippen LogP contribution is 2.05. The second-order valence-electron chi connectivity index (χ2n) is 3.32. The summed E-state index contributed by atoms with van der Waals surface area (Å²) < 4.78 is 12.8. The molecule has 0 atom stereocenters. The molecule has 2 N–H and O–H groups in total. The van der Waals surface area contributed by atoms with Crippen LogP contribution in [0.4, 0.5) is 4.39 Å². The predicted molar refractivity (Wildman–Crippen MR) is 55.4 cm³/mol. The molecule has 1 aromatic rings. The number of hydrogen-bond acceptors (Lipinski definition) is 4. The summed E-state index contributed by atoms with van der Waals surface area (Å²) in [5.74, 6) is -4.52. The van der Waals surface area contributed by atoms with Crippen LogP contribution in [-0.4, -0.2) is 51.0 Å². The van der Waals surface area contributed by atoms with Crippen LogP contribution in [0.15, 0.2) is 18.3 Å². The highest BCUT2D eigenvalue weighted by atomic mass is 19.1. The first-order valence-electron chi connectivity index (χ1n) is 4.74. The zero-order chi connectivity index (χ0) is 13.7. The van der Waals surface area contributed by atoms with Crippen LogP contribution in [0, 0.1) is 5.95 Å². The summed E-state index contributed by atoms with van der Waals surface area (Å²) in [6.07, 6.45) is 1.03. The van der Waals surface area contributed by atoms with Crippen LogP contribution < -0.4 is 0 Å². The maximum Gasteiger partial charge on any atom is 0.323 e. The second kappa shape index (κ2) is 5.71. The van der Waals surface area contributed by atoms with Gasteiger partial charge in [-0.2, -0.15) is 4.39 Å². The minimum Gasteiger partial charge on any atom is -0.480 e. The van der Waals surface area contributed by atoms with Crippen LogP contribution in [0.25, 0.3) is 0 Å². The van der Waals surface area contributed by atoms with Crippen LogP contribution in [0.5, 0.6) is 0 Å². The van der Waals surface area contributed by atoms with E-state index in [9.17, 15) is 18.8 Å². The van der Waals surface area contributed by atoms with Crippen molar-refractivity contribution in [3.8, 4) is 0 Å². The minimum absolute atomic E-state index is 0.162. The fourth-order valence-electron chi connectivity index (χ4n) is 1.24. The molecule has 96 valence electrons. The Hall–Kier alpha value is -2.51. The molecule has 1 aromatic heterocycles. The van der Waals surface area contributed by atoms with Gasteiger partial charge in [0.15, 0.2) is 0 Å². The van der Waals surface area contributed by atoms with Crippen LogP contribution in [0.2, 0.25) is 0 Å². The number of aliphatic carboxylic acids is 2. The molecule has 0 aliphatic carbocycles. The molecule has 1 amide bonds. The third kappa shape index (κ3) is 3.81. The molecule has 0 aliphatic rings. The Morgan fingerprint density at radius 3 is 2.22 bits per heavy atom. The second-order valence-corrected chi connectivity index (χ2v) is 3.32. The number of aromatic nitrogens is 1. The quantitative estimate of drug-likeness (QED) is 0.708. The Kier molecular flexibility index (Phi) is 4.30. The first-order chi connectivity index (χ1) is 8.40. The van der Waals surface area contributed by atoms with E-state index in [2.05, 4.69) is 4.98 Å². The Labute approximate surface area is 100 Å². The highest BCUT2D eigenvalue weighted by molar-refractivity contribution is 5.97. The van der Waals surface area contributed by atoms with Gasteiger partial charge < -0.3 is 15.1 Å². The van der Waals surface area contributed by atoms with Crippen LogP contribution in [0.1, 0.15) is 10.4 Å². The van der Waals surface area contributed by atoms with Gasteiger partial charge in [0.1, 0.15) is 13.1 Å². The maximum atomic E-state index is 12.8. The van der Waals surface area contributed by atoms with E-state index >= 15 is 0 Å². The molecule has 1 rings (SSSR count). The molecular weight excluding hydrogens is 247 g/mol. The SMILES string of the molecule is O=C(O)CN(CC(=O)O)C(=O)c1ccnc(F)c1. The lowest BCUT2D eigenvalue weighted by atomic mass is 10.2. The number of pyridine rings is 1. The van der Waals surface area contributed by atoms with Crippen molar-refractivity contribution in [2.75, 3.05) is 13.1 Å². The van der Waals surface area contributed by atoms with Crippen LogP contribution in [0.3, 0.4) is 0 Å². The zero-order valence-electron chi connectivity index (χ0n) is 9.04. The molecule has 0 aromatic carbocycles.